The number of aromatic nitrogens is 1. The van der Waals surface area contributed by atoms with Crippen LogP contribution >= 0.6 is 22.6 Å². The van der Waals surface area contributed by atoms with Crippen molar-refractivity contribution in [1.82, 2.24) is 10.3 Å². The average molecular weight is 308 g/mol. The summed E-state index contributed by atoms with van der Waals surface area (Å²) in [4.78, 5) is 3.78. The quantitative estimate of drug-likeness (QED) is 0.496. The molecule has 0 bridgehead atoms. The summed E-state index contributed by atoms with van der Waals surface area (Å²) in [6.45, 7) is 1.69. The van der Waals surface area contributed by atoms with Crippen molar-refractivity contribution in [1.29, 1.82) is 0 Å². The standard InChI is InChI=1S/C10H14FIN2/c11-10-5-9(7-14-8-10)6-13-4-2-1-3-12/h5,7-8,13H,1-4,6H2. The third-order valence-corrected chi connectivity index (χ3v) is 2.59. The molecule has 0 saturated carbocycles. The number of rotatable bonds is 6. The highest BCUT2D eigenvalue weighted by molar-refractivity contribution is 14.1. The number of alkyl halides is 1. The second kappa shape index (κ2) is 7.11. The molecule has 0 amide bonds. The van der Waals surface area contributed by atoms with Gasteiger partial charge in [-0.2, -0.15) is 0 Å². The second-order valence-corrected chi connectivity index (χ2v) is 4.16. The Bertz CT molecular complexity index is 268. The van der Waals surface area contributed by atoms with Crippen LogP contribution in [0.1, 0.15) is 18.4 Å². The molecule has 4 heteroatoms. The fourth-order valence-corrected chi connectivity index (χ4v) is 1.67. The maximum atomic E-state index is 12.7. The van der Waals surface area contributed by atoms with Gasteiger partial charge in [-0.1, -0.05) is 22.6 Å². The van der Waals surface area contributed by atoms with E-state index in [1.807, 2.05) is 0 Å². The summed E-state index contributed by atoms with van der Waals surface area (Å²) in [5, 5.41) is 3.25. The van der Waals surface area contributed by atoms with Crippen molar-refractivity contribution in [3.05, 3.63) is 29.8 Å². The van der Waals surface area contributed by atoms with Crippen molar-refractivity contribution in [2.24, 2.45) is 0 Å². The van der Waals surface area contributed by atoms with Gasteiger partial charge < -0.3 is 5.32 Å². The van der Waals surface area contributed by atoms with Crippen LogP contribution in [-0.2, 0) is 6.54 Å². The fraction of sp³-hybridized carbons (Fsp3) is 0.500. The zero-order valence-electron chi connectivity index (χ0n) is 7.97. The van der Waals surface area contributed by atoms with E-state index in [9.17, 15) is 4.39 Å². The molecule has 1 N–H and O–H groups in total. The minimum absolute atomic E-state index is 0.267. The summed E-state index contributed by atoms with van der Waals surface area (Å²) in [5.41, 5.74) is 0.902. The van der Waals surface area contributed by atoms with Crippen LogP contribution in [0.4, 0.5) is 4.39 Å². The Morgan fingerprint density at radius 1 is 1.36 bits per heavy atom. The predicted octanol–water partition coefficient (Wildman–Crippen LogP) is 2.53. The summed E-state index contributed by atoms with van der Waals surface area (Å²) >= 11 is 2.37. The fourth-order valence-electron chi connectivity index (χ4n) is 1.13. The van der Waals surface area contributed by atoms with E-state index in [-0.39, 0.29) is 5.82 Å². The van der Waals surface area contributed by atoms with E-state index in [0.29, 0.717) is 6.54 Å². The zero-order valence-corrected chi connectivity index (χ0v) is 10.1. The van der Waals surface area contributed by atoms with E-state index in [1.165, 1.54) is 29.5 Å². The van der Waals surface area contributed by atoms with Crippen LogP contribution in [0.25, 0.3) is 0 Å². The topological polar surface area (TPSA) is 24.9 Å². The van der Waals surface area contributed by atoms with E-state index in [4.69, 9.17) is 0 Å². The van der Waals surface area contributed by atoms with Crippen LogP contribution in [0.15, 0.2) is 18.5 Å². The van der Waals surface area contributed by atoms with E-state index >= 15 is 0 Å². The molecule has 0 unspecified atom stereocenters. The lowest BCUT2D eigenvalue weighted by atomic mass is 10.2. The minimum atomic E-state index is -0.267. The third-order valence-electron chi connectivity index (χ3n) is 1.83. The van der Waals surface area contributed by atoms with Gasteiger partial charge in [0.05, 0.1) is 6.20 Å². The molecule has 1 aromatic heterocycles. The van der Waals surface area contributed by atoms with Crippen LogP contribution in [0, 0.1) is 5.82 Å². The molecular weight excluding hydrogens is 294 g/mol. The molecule has 0 atom stereocenters. The minimum Gasteiger partial charge on any atom is -0.313 e. The molecule has 14 heavy (non-hydrogen) atoms. The van der Waals surface area contributed by atoms with Gasteiger partial charge in [0.1, 0.15) is 5.82 Å². The third kappa shape index (κ3) is 4.85. The number of halogens is 2. The van der Waals surface area contributed by atoms with Crippen molar-refractivity contribution in [2.75, 3.05) is 11.0 Å². The van der Waals surface area contributed by atoms with E-state index in [0.717, 1.165) is 12.1 Å². The molecule has 0 radical (unpaired) electrons. The predicted molar refractivity (Wildman–Crippen MR) is 64.0 cm³/mol. The smallest absolute Gasteiger partial charge is 0.141 e. The Hall–Kier alpha value is -0.230. The van der Waals surface area contributed by atoms with Crippen LogP contribution < -0.4 is 5.32 Å². The van der Waals surface area contributed by atoms with Crippen molar-refractivity contribution in [2.45, 2.75) is 19.4 Å². The monoisotopic (exact) mass is 308 g/mol. The first-order valence-electron chi connectivity index (χ1n) is 4.69. The van der Waals surface area contributed by atoms with Gasteiger partial charge >= 0.3 is 0 Å². The lowest BCUT2D eigenvalue weighted by molar-refractivity contribution is 0.608. The first-order valence-corrected chi connectivity index (χ1v) is 6.21. The van der Waals surface area contributed by atoms with Gasteiger partial charge in [0, 0.05) is 12.7 Å². The maximum Gasteiger partial charge on any atom is 0.141 e. The molecule has 0 aliphatic carbocycles. The summed E-state index contributed by atoms with van der Waals surface area (Å²) in [6.07, 6.45) is 5.31. The molecule has 0 saturated heterocycles. The number of nitrogens with one attached hydrogen (secondary N) is 1. The highest BCUT2D eigenvalue weighted by atomic mass is 127. The van der Waals surface area contributed by atoms with Crippen molar-refractivity contribution < 1.29 is 4.39 Å². The first-order chi connectivity index (χ1) is 6.83. The zero-order chi connectivity index (χ0) is 10.2. The van der Waals surface area contributed by atoms with Crippen LogP contribution in [0.2, 0.25) is 0 Å². The van der Waals surface area contributed by atoms with Gasteiger partial charge in [-0.15, -0.1) is 0 Å². The number of hydrogen-bond acceptors (Lipinski definition) is 2. The largest absolute Gasteiger partial charge is 0.313 e. The molecule has 1 heterocycles. The Kier molecular flexibility index (Phi) is 6.02. The molecule has 2 nitrogen and oxygen atoms in total. The van der Waals surface area contributed by atoms with Crippen LogP contribution in [-0.4, -0.2) is 16.0 Å². The first kappa shape index (κ1) is 11.8. The molecule has 0 aliphatic rings. The Labute approximate surface area is 97.5 Å². The van der Waals surface area contributed by atoms with Crippen molar-refractivity contribution in [3.8, 4) is 0 Å². The summed E-state index contributed by atoms with van der Waals surface area (Å²) in [5.74, 6) is -0.267. The maximum absolute atomic E-state index is 12.7. The molecular formula is C10H14FIN2. The molecule has 0 fully saturated rings. The van der Waals surface area contributed by atoms with Crippen LogP contribution in [0.5, 0.6) is 0 Å². The number of pyridine rings is 1. The number of unbranched alkanes of at least 4 members (excludes halogenated alkanes) is 1. The summed E-state index contributed by atoms with van der Waals surface area (Å²) < 4.78 is 13.9. The SMILES string of the molecule is Fc1cncc(CNCCCCI)c1. The van der Waals surface area contributed by atoms with Crippen molar-refractivity contribution >= 4 is 22.6 Å². The highest BCUT2D eigenvalue weighted by Crippen LogP contribution is 2.00. The van der Waals surface area contributed by atoms with Crippen molar-refractivity contribution in [3.63, 3.8) is 0 Å². The lowest BCUT2D eigenvalue weighted by Crippen LogP contribution is -2.14. The van der Waals surface area contributed by atoms with Gasteiger partial charge in [-0.25, -0.2) is 4.39 Å². The average Bonchev–Trinajstić information content (AvgIpc) is 2.18. The van der Waals surface area contributed by atoms with E-state index in [1.54, 1.807) is 6.20 Å². The van der Waals surface area contributed by atoms with E-state index < -0.39 is 0 Å². The van der Waals surface area contributed by atoms with Gasteiger partial charge in [0.15, 0.2) is 0 Å². The van der Waals surface area contributed by atoms with Gasteiger partial charge in [0.25, 0.3) is 0 Å². The lowest BCUT2D eigenvalue weighted by Gasteiger charge is -2.03. The molecule has 0 spiro atoms. The molecule has 1 rings (SSSR count). The van der Waals surface area contributed by atoms with Gasteiger partial charge in [-0.3, -0.25) is 4.98 Å². The molecule has 0 aromatic carbocycles. The molecule has 1 aromatic rings. The summed E-state index contributed by atoms with van der Waals surface area (Å²) in [6, 6.07) is 1.51. The van der Waals surface area contributed by atoms with Gasteiger partial charge in [-0.05, 0) is 35.4 Å². The Morgan fingerprint density at radius 2 is 2.21 bits per heavy atom. The molecule has 0 aliphatic heterocycles. The number of hydrogen-bond donors (Lipinski definition) is 1. The highest BCUT2D eigenvalue weighted by Gasteiger charge is 1.95. The van der Waals surface area contributed by atoms with Gasteiger partial charge in [0.2, 0.25) is 0 Å². The van der Waals surface area contributed by atoms with Crippen LogP contribution in [0.3, 0.4) is 0 Å². The van der Waals surface area contributed by atoms with E-state index in [2.05, 4.69) is 32.9 Å². The Balaban J connectivity index is 2.18. The number of nitrogens with zero attached hydrogens (tertiary/aromatic N) is 1. The summed E-state index contributed by atoms with van der Waals surface area (Å²) in [7, 11) is 0. The molecule has 78 valence electrons. The second-order valence-electron chi connectivity index (χ2n) is 3.08. The normalized spacial score (nSPS) is 10.4. The Morgan fingerprint density at radius 3 is 2.93 bits per heavy atom.